The van der Waals surface area contributed by atoms with Gasteiger partial charge in [0.05, 0.1) is 11.1 Å². The van der Waals surface area contributed by atoms with Crippen LogP contribution in [0.1, 0.15) is 17.1 Å². The average Bonchev–Trinajstić information content (AvgIpc) is 2.42. The molecule has 0 aliphatic rings. The summed E-state index contributed by atoms with van der Waals surface area (Å²) < 4.78 is 1.28. The fraction of sp³-hybridized carbons (Fsp3) is 0.200. The molecule has 0 amide bonds. The van der Waals surface area contributed by atoms with Gasteiger partial charge in [-0.1, -0.05) is 18.2 Å². The third-order valence-electron chi connectivity index (χ3n) is 3.15. The normalized spacial score (nSPS) is 10.9. The SMILES string of the molecule is Cc1cc(C)nc(-n2nc(C)c3ccccc3c2=O)n1. The van der Waals surface area contributed by atoms with Gasteiger partial charge in [0.2, 0.25) is 0 Å². The maximum Gasteiger partial charge on any atom is 0.282 e. The predicted octanol–water partition coefficient (Wildman–Crippen LogP) is 2.10. The number of benzene rings is 1. The molecule has 0 aliphatic carbocycles. The van der Waals surface area contributed by atoms with Gasteiger partial charge in [0, 0.05) is 16.8 Å². The van der Waals surface area contributed by atoms with Crippen molar-refractivity contribution in [3.8, 4) is 5.95 Å². The van der Waals surface area contributed by atoms with E-state index < -0.39 is 0 Å². The molecule has 0 bridgehead atoms. The third kappa shape index (κ3) is 1.97. The Morgan fingerprint density at radius 2 is 1.55 bits per heavy atom. The van der Waals surface area contributed by atoms with Gasteiger partial charge < -0.3 is 0 Å². The number of rotatable bonds is 1. The molecule has 0 aliphatic heterocycles. The Balaban J connectivity index is 2.37. The van der Waals surface area contributed by atoms with Crippen LogP contribution in [0.4, 0.5) is 0 Å². The minimum absolute atomic E-state index is 0.198. The minimum Gasteiger partial charge on any atom is -0.267 e. The summed E-state index contributed by atoms with van der Waals surface area (Å²) in [5.74, 6) is 0.321. The van der Waals surface area contributed by atoms with Gasteiger partial charge in [-0.3, -0.25) is 4.79 Å². The second kappa shape index (κ2) is 4.52. The summed E-state index contributed by atoms with van der Waals surface area (Å²) >= 11 is 0. The average molecular weight is 266 g/mol. The van der Waals surface area contributed by atoms with E-state index in [1.807, 2.05) is 45.0 Å². The second-order valence-corrected chi connectivity index (χ2v) is 4.80. The summed E-state index contributed by atoms with van der Waals surface area (Å²) in [4.78, 5) is 21.1. The molecule has 0 unspecified atom stereocenters. The van der Waals surface area contributed by atoms with E-state index in [-0.39, 0.29) is 5.56 Å². The molecule has 0 spiro atoms. The van der Waals surface area contributed by atoms with Crippen molar-refractivity contribution in [3.63, 3.8) is 0 Å². The lowest BCUT2D eigenvalue weighted by atomic mass is 10.1. The van der Waals surface area contributed by atoms with E-state index in [1.54, 1.807) is 6.07 Å². The first kappa shape index (κ1) is 12.5. The zero-order valence-electron chi connectivity index (χ0n) is 11.6. The lowest BCUT2D eigenvalue weighted by molar-refractivity contribution is 0.739. The smallest absolute Gasteiger partial charge is 0.267 e. The topological polar surface area (TPSA) is 60.7 Å². The zero-order chi connectivity index (χ0) is 14.3. The van der Waals surface area contributed by atoms with Crippen molar-refractivity contribution in [1.82, 2.24) is 19.7 Å². The van der Waals surface area contributed by atoms with Crippen LogP contribution >= 0.6 is 0 Å². The van der Waals surface area contributed by atoms with E-state index in [2.05, 4.69) is 15.1 Å². The van der Waals surface area contributed by atoms with Crippen molar-refractivity contribution in [2.24, 2.45) is 0 Å². The molecule has 0 saturated carbocycles. The number of aryl methyl sites for hydroxylation is 3. The van der Waals surface area contributed by atoms with Gasteiger partial charge in [0.15, 0.2) is 0 Å². The van der Waals surface area contributed by atoms with Crippen LogP contribution in [0.25, 0.3) is 16.7 Å². The highest BCUT2D eigenvalue weighted by Crippen LogP contribution is 2.13. The Bertz CT molecular complexity index is 847. The summed E-state index contributed by atoms with van der Waals surface area (Å²) in [6.45, 7) is 5.62. The Kier molecular flexibility index (Phi) is 2.82. The van der Waals surface area contributed by atoms with Crippen molar-refractivity contribution >= 4 is 10.8 Å². The Hall–Kier alpha value is -2.56. The molecule has 3 aromatic rings. The maximum absolute atomic E-state index is 12.5. The van der Waals surface area contributed by atoms with Gasteiger partial charge in [-0.05, 0) is 32.9 Å². The fourth-order valence-corrected chi connectivity index (χ4v) is 2.29. The van der Waals surface area contributed by atoms with Crippen LogP contribution in [0.15, 0.2) is 35.1 Å². The number of nitrogens with zero attached hydrogens (tertiary/aromatic N) is 4. The van der Waals surface area contributed by atoms with E-state index in [1.165, 1.54) is 4.68 Å². The van der Waals surface area contributed by atoms with Crippen molar-refractivity contribution in [1.29, 1.82) is 0 Å². The quantitative estimate of drug-likeness (QED) is 0.676. The second-order valence-electron chi connectivity index (χ2n) is 4.80. The van der Waals surface area contributed by atoms with E-state index in [4.69, 9.17) is 0 Å². The summed E-state index contributed by atoms with van der Waals surface area (Å²) in [5.41, 5.74) is 2.21. The monoisotopic (exact) mass is 266 g/mol. The number of hydrogen-bond acceptors (Lipinski definition) is 4. The van der Waals surface area contributed by atoms with E-state index >= 15 is 0 Å². The molecule has 5 nitrogen and oxygen atoms in total. The highest BCUT2D eigenvalue weighted by molar-refractivity contribution is 5.83. The van der Waals surface area contributed by atoms with Crippen molar-refractivity contribution in [3.05, 3.63) is 57.8 Å². The van der Waals surface area contributed by atoms with Gasteiger partial charge in [-0.15, -0.1) is 0 Å². The highest BCUT2D eigenvalue weighted by Gasteiger charge is 2.11. The lowest BCUT2D eigenvalue weighted by Crippen LogP contribution is -2.24. The van der Waals surface area contributed by atoms with E-state index in [0.717, 1.165) is 22.5 Å². The molecule has 5 heteroatoms. The first-order chi connectivity index (χ1) is 9.56. The molecule has 2 heterocycles. The van der Waals surface area contributed by atoms with Crippen LogP contribution < -0.4 is 5.56 Å². The van der Waals surface area contributed by atoms with E-state index in [0.29, 0.717) is 11.3 Å². The summed E-state index contributed by atoms with van der Waals surface area (Å²) in [5, 5.41) is 5.82. The first-order valence-corrected chi connectivity index (χ1v) is 6.37. The van der Waals surface area contributed by atoms with Crippen LogP contribution in [-0.2, 0) is 0 Å². The summed E-state index contributed by atoms with van der Waals surface area (Å²) in [7, 11) is 0. The van der Waals surface area contributed by atoms with E-state index in [9.17, 15) is 4.79 Å². The van der Waals surface area contributed by atoms with Crippen LogP contribution in [0.3, 0.4) is 0 Å². The standard InChI is InChI=1S/C15H14N4O/c1-9-8-10(2)17-15(16-9)19-14(20)13-7-5-4-6-12(13)11(3)18-19/h4-8H,1-3H3. The molecule has 2 aromatic heterocycles. The molecule has 0 atom stereocenters. The highest BCUT2D eigenvalue weighted by atomic mass is 16.1. The lowest BCUT2D eigenvalue weighted by Gasteiger charge is -2.08. The summed E-state index contributed by atoms with van der Waals surface area (Å²) in [6.07, 6.45) is 0. The van der Waals surface area contributed by atoms with Crippen molar-refractivity contribution < 1.29 is 0 Å². The molecule has 0 N–H and O–H groups in total. The number of fused-ring (bicyclic) bond motifs is 1. The minimum atomic E-state index is -0.198. The van der Waals surface area contributed by atoms with Crippen LogP contribution in [-0.4, -0.2) is 19.7 Å². The molecule has 0 radical (unpaired) electrons. The van der Waals surface area contributed by atoms with Gasteiger partial charge in [0.1, 0.15) is 0 Å². The number of hydrogen-bond donors (Lipinski definition) is 0. The molecule has 3 rings (SSSR count). The largest absolute Gasteiger partial charge is 0.282 e. The molecule has 20 heavy (non-hydrogen) atoms. The number of aromatic nitrogens is 4. The van der Waals surface area contributed by atoms with Gasteiger partial charge >= 0.3 is 0 Å². The molecular weight excluding hydrogens is 252 g/mol. The summed E-state index contributed by atoms with van der Waals surface area (Å²) in [6, 6.07) is 9.30. The van der Waals surface area contributed by atoms with Crippen LogP contribution in [0.5, 0.6) is 0 Å². The maximum atomic E-state index is 12.5. The van der Waals surface area contributed by atoms with Crippen molar-refractivity contribution in [2.45, 2.75) is 20.8 Å². The molecule has 0 saturated heterocycles. The van der Waals surface area contributed by atoms with Crippen molar-refractivity contribution in [2.75, 3.05) is 0 Å². The third-order valence-corrected chi connectivity index (χ3v) is 3.15. The Morgan fingerprint density at radius 1 is 0.950 bits per heavy atom. The van der Waals surface area contributed by atoms with Gasteiger partial charge in [-0.2, -0.15) is 9.78 Å². The molecule has 1 aromatic carbocycles. The van der Waals surface area contributed by atoms with Gasteiger partial charge in [0.25, 0.3) is 11.5 Å². The molecule has 100 valence electrons. The first-order valence-electron chi connectivity index (χ1n) is 6.37. The van der Waals surface area contributed by atoms with Gasteiger partial charge in [-0.25, -0.2) is 9.97 Å². The molecule has 0 fully saturated rings. The Labute approximate surface area is 115 Å². The Morgan fingerprint density at radius 3 is 2.20 bits per heavy atom. The fourth-order valence-electron chi connectivity index (χ4n) is 2.29. The molecular formula is C15H14N4O. The van der Waals surface area contributed by atoms with Crippen LogP contribution in [0.2, 0.25) is 0 Å². The van der Waals surface area contributed by atoms with Crippen LogP contribution in [0, 0.1) is 20.8 Å². The predicted molar refractivity (Wildman–Crippen MR) is 77.1 cm³/mol. The zero-order valence-corrected chi connectivity index (χ0v) is 11.6.